The Labute approximate surface area is 162 Å². The van der Waals surface area contributed by atoms with E-state index in [4.69, 9.17) is 4.98 Å². The Kier molecular flexibility index (Phi) is 5.02. The molecule has 1 amide bonds. The van der Waals surface area contributed by atoms with Gasteiger partial charge in [0, 0.05) is 29.8 Å². The summed E-state index contributed by atoms with van der Waals surface area (Å²) in [5, 5.41) is 3.41. The van der Waals surface area contributed by atoms with Gasteiger partial charge in [0.15, 0.2) is 0 Å². The number of aliphatic imine (C=N–C) groups is 1. The third kappa shape index (κ3) is 3.64. The van der Waals surface area contributed by atoms with Crippen molar-refractivity contribution in [2.45, 2.75) is 58.8 Å². The highest BCUT2D eigenvalue weighted by Crippen LogP contribution is 2.35. The van der Waals surface area contributed by atoms with Gasteiger partial charge in [-0.05, 0) is 43.4 Å². The zero-order valence-corrected chi connectivity index (χ0v) is 16.6. The molecule has 3 aliphatic rings. The van der Waals surface area contributed by atoms with Gasteiger partial charge < -0.3 is 10.2 Å². The third-order valence-electron chi connectivity index (χ3n) is 6.42. The van der Waals surface area contributed by atoms with Crippen LogP contribution in [0.3, 0.4) is 0 Å². The Morgan fingerprint density at radius 1 is 1.19 bits per heavy atom. The Morgan fingerprint density at radius 3 is 2.89 bits per heavy atom. The first-order chi connectivity index (χ1) is 13.1. The number of hydrogen-bond donors (Lipinski definition) is 1. The molecule has 1 aromatic rings. The Bertz CT molecular complexity index is 797. The third-order valence-corrected chi connectivity index (χ3v) is 6.42. The van der Waals surface area contributed by atoms with Crippen LogP contribution in [0.1, 0.15) is 58.1 Å². The zero-order chi connectivity index (χ0) is 18.9. The van der Waals surface area contributed by atoms with Gasteiger partial charge in [-0.1, -0.05) is 39.2 Å². The molecular formula is C22H30N4O. The average molecular weight is 367 g/mol. The summed E-state index contributed by atoms with van der Waals surface area (Å²) in [5.74, 6) is 2.07. The number of hydrogen-bond acceptors (Lipinski definition) is 4. The maximum absolute atomic E-state index is 13.3. The van der Waals surface area contributed by atoms with Crippen LogP contribution in [0.5, 0.6) is 0 Å². The largest absolute Gasteiger partial charge is 0.334 e. The maximum Gasteiger partial charge on any atom is 0.229 e. The highest BCUT2D eigenvalue weighted by atomic mass is 16.2. The molecule has 0 aliphatic carbocycles. The van der Waals surface area contributed by atoms with E-state index in [1.807, 2.05) is 11.0 Å². The fraction of sp³-hybridized carbons (Fsp3) is 0.591. The molecule has 0 saturated carbocycles. The fourth-order valence-electron chi connectivity index (χ4n) is 4.40. The van der Waals surface area contributed by atoms with Gasteiger partial charge in [0.25, 0.3) is 0 Å². The van der Waals surface area contributed by atoms with Crippen molar-refractivity contribution in [1.29, 1.82) is 0 Å². The molecule has 4 rings (SSSR count). The molecule has 0 aromatic carbocycles. The smallest absolute Gasteiger partial charge is 0.229 e. The van der Waals surface area contributed by atoms with Crippen LogP contribution >= 0.6 is 0 Å². The number of pyridine rings is 1. The summed E-state index contributed by atoms with van der Waals surface area (Å²) in [7, 11) is 0. The molecule has 27 heavy (non-hydrogen) atoms. The lowest BCUT2D eigenvalue weighted by atomic mass is 9.80. The average Bonchev–Trinajstić information content (AvgIpc) is 3.25. The number of nitrogens with zero attached hydrogens (tertiary/aromatic N) is 3. The number of carbonyl (C=O) groups is 1. The number of nitrogens with one attached hydrogen (secondary N) is 1. The molecule has 1 unspecified atom stereocenters. The van der Waals surface area contributed by atoms with Crippen molar-refractivity contribution in [2.75, 3.05) is 25.0 Å². The van der Waals surface area contributed by atoms with Crippen molar-refractivity contribution in [3.05, 3.63) is 35.0 Å². The van der Waals surface area contributed by atoms with Crippen molar-refractivity contribution >= 4 is 17.6 Å². The molecule has 1 aromatic heterocycles. The number of anilines is 1. The minimum Gasteiger partial charge on any atom is -0.334 e. The maximum atomic E-state index is 13.3. The van der Waals surface area contributed by atoms with Crippen molar-refractivity contribution in [3.63, 3.8) is 0 Å². The van der Waals surface area contributed by atoms with E-state index >= 15 is 0 Å². The Balaban J connectivity index is 1.59. The molecular weight excluding hydrogens is 336 g/mol. The van der Waals surface area contributed by atoms with Gasteiger partial charge in [0.2, 0.25) is 5.91 Å². The lowest BCUT2D eigenvalue weighted by Crippen LogP contribution is -2.42. The van der Waals surface area contributed by atoms with Gasteiger partial charge in [-0.15, -0.1) is 0 Å². The van der Waals surface area contributed by atoms with Crippen LogP contribution in [0.2, 0.25) is 0 Å². The summed E-state index contributed by atoms with van der Waals surface area (Å²) < 4.78 is 0. The summed E-state index contributed by atoms with van der Waals surface area (Å²) in [6.07, 6.45) is 7.55. The van der Waals surface area contributed by atoms with Crippen molar-refractivity contribution < 1.29 is 4.79 Å². The van der Waals surface area contributed by atoms with Crippen molar-refractivity contribution in [2.24, 2.45) is 10.4 Å². The first-order valence-electron chi connectivity index (χ1n) is 10.4. The topological polar surface area (TPSA) is 57.6 Å². The van der Waals surface area contributed by atoms with E-state index < -0.39 is 0 Å². The van der Waals surface area contributed by atoms with E-state index in [0.29, 0.717) is 19.0 Å². The predicted octanol–water partition coefficient (Wildman–Crippen LogP) is 3.97. The zero-order valence-electron chi connectivity index (χ0n) is 16.6. The van der Waals surface area contributed by atoms with E-state index in [2.05, 4.69) is 36.3 Å². The van der Waals surface area contributed by atoms with Crippen LogP contribution in [0.25, 0.3) is 0 Å². The second kappa shape index (κ2) is 7.45. The van der Waals surface area contributed by atoms with Gasteiger partial charge in [-0.25, -0.2) is 4.98 Å². The van der Waals surface area contributed by atoms with E-state index in [1.54, 1.807) is 0 Å². The minimum atomic E-state index is -0.243. The molecule has 0 radical (unpaired) electrons. The van der Waals surface area contributed by atoms with Crippen LogP contribution in [0.4, 0.5) is 5.82 Å². The summed E-state index contributed by atoms with van der Waals surface area (Å²) >= 11 is 0. The molecule has 3 aliphatic heterocycles. The molecule has 1 atom stereocenters. The first kappa shape index (κ1) is 18.2. The van der Waals surface area contributed by atoms with E-state index in [9.17, 15) is 4.79 Å². The normalized spacial score (nSPS) is 26.2. The van der Waals surface area contributed by atoms with Gasteiger partial charge >= 0.3 is 0 Å². The molecule has 4 heterocycles. The molecule has 0 saturated heterocycles. The van der Waals surface area contributed by atoms with Crippen LogP contribution < -0.4 is 5.32 Å². The number of aromatic nitrogens is 1. The lowest BCUT2D eigenvalue weighted by molar-refractivity contribution is -0.140. The van der Waals surface area contributed by atoms with E-state index in [0.717, 1.165) is 56.0 Å². The SMILES string of the molecule is CCC1(C)CCCCCCc2cccc(n2)NC2=NCC3=C2CN(C3)C1=O. The Hall–Kier alpha value is -2.17. The van der Waals surface area contributed by atoms with Gasteiger partial charge in [0.05, 0.1) is 6.54 Å². The number of rotatable bonds is 1. The summed E-state index contributed by atoms with van der Waals surface area (Å²) in [6, 6.07) is 6.18. The number of fused-ring (bicyclic) bond motifs is 3. The molecule has 0 spiro atoms. The highest BCUT2D eigenvalue weighted by Gasteiger charge is 2.39. The van der Waals surface area contributed by atoms with Gasteiger partial charge in [0.1, 0.15) is 11.7 Å². The monoisotopic (exact) mass is 366 g/mol. The first-order valence-corrected chi connectivity index (χ1v) is 10.4. The molecule has 5 nitrogen and oxygen atoms in total. The molecule has 5 heteroatoms. The number of aryl methyl sites for hydroxylation is 1. The Morgan fingerprint density at radius 2 is 2.04 bits per heavy atom. The van der Waals surface area contributed by atoms with E-state index in [-0.39, 0.29) is 5.41 Å². The standard InChI is InChI=1S/C22H30N4O/c1-3-22(2)12-7-5-4-6-9-17-10-8-11-19(24-17)25-20-18-15-26(21(22)27)14-16(18)13-23-20/h8,10-11H,3-7,9,12-15H2,1-2H3,(H,23,24,25). The molecule has 144 valence electrons. The second-order valence-corrected chi connectivity index (χ2v) is 8.38. The summed E-state index contributed by atoms with van der Waals surface area (Å²) in [4.78, 5) is 24.8. The van der Waals surface area contributed by atoms with E-state index in [1.165, 1.54) is 24.0 Å². The summed E-state index contributed by atoms with van der Waals surface area (Å²) in [5.41, 5.74) is 3.38. The second-order valence-electron chi connectivity index (χ2n) is 8.38. The van der Waals surface area contributed by atoms with Gasteiger partial charge in [-0.2, -0.15) is 0 Å². The summed E-state index contributed by atoms with van der Waals surface area (Å²) in [6.45, 7) is 6.41. The fourth-order valence-corrected chi connectivity index (χ4v) is 4.40. The van der Waals surface area contributed by atoms with Crippen LogP contribution in [0.15, 0.2) is 34.3 Å². The minimum absolute atomic E-state index is 0.243. The molecule has 1 N–H and O–H groups in total. The van der Waals surface area contributed by atoms with Gasteiger partial charge in [-0.3, -0.25) is 9.79 Å². The number of amides is 1. The predicted molar refractivity (Wildman–Crippen MR) is 109 cm³/mol. The number of amidine groups is 1. The lowest BCUT2D eigenvalue weighted by Gasteiger charge is -2.32. The van der Waals surface area contributed by atoms with Crippen molar-refractivity contribution in [3.8, 4) is 0 Å². The number of carbonyl (C=O) groups excluding carboxylic acids is 1. The van der Waals surface area contributed by atoms with Crippen LogP contribution in [-0.4, -0.2) is 41.3 Å². The highest BCUT2D eigenvalue weighted by molar-refractivity contribution is 6.11. The van der Waals surface area contributed by atoms with Crippen LogP contribution in [0, 0.1) is 5.41 Å². The van der Waals surface area contributed by atoms with Crippen LogP contribution in [-0.2, 0) is 11.2 Å². The molecule has 4 bridgehead atoms. The molecule has 0 fully saturated rings. The van der Waals surface area contributed by atoms with Crippen molar-refractivity contribution in [1.82, 2.24) is 9.88 Å². The quantitative estimate of drug-likeness (QED) is 0.818.